The predicted octanol–water partition coefficient (Wildman–Crippen LogP) is 1.13. The average molecular weight is 156 g/mol. The molecule has 11 heavy (non-hydrogen) atoms. The summed E-state index contributed by atoms with van der Waals surface area (Å²) in [5.41, 5.74) is 0. The highest BCUT2D eigenvalue weighted by atomic mass is 16.5. The number of hydrogen-bond donors (Lipinski definition) is 0. The highest BCUT2D eigenvalue weighted by Gasteiger charge is 1.91. The number of ether oxygens (including phenoxy) is 1. The summed E-state index contributed by atoms with van der Waals surface area (Å²) in [4.78, 5) is 5.79. The molecular formula is C8H16N2O. The molecule has 3 nitrogen and oxygen atoms in total. The molecule has 0 saturated heterocycles. The molecule has 0 N–H and O–H groups in total. The van der Waals surface area contributed by atoms with E-state index in [-0.39, 0.29) is 0 Å². The predicted molar refractivity (Wildman–Crippen MR) is 47.8 cm³/mol. The quantitative estimate of drug-likeness (QED) is 0.450. The van der Waals surface area contributed by atoms with Gasteiger partial charge in [0.1, 0.15) is 0 Å². The van der Waals surface area contributed by atoms with Crippen LogP contribution in [0.15, 0.2) is 17.0 Å². The van der Waals surface area contributed by atoms with Gasteiger partial charge in [0.15, 0.2) is 5.76 Å². The van der Waals surface area contributed by atoms with E-state index in [9.17, 15) is 0 Å². The Hall–Kier alpha value is -0.990. The molecule has 0 amide bonds. The van der Waals surface area contributed by atoms with Gasteiger partial charge in [0, 0.05) is 27.3 Å². The van der Waals surface area contributed by atoms with E-state index in [1.54, 1.807) is 13.3 Å². The molecule has 0 atom stereocenters. The Kier molecular flexibility index (Phi) is 5.25. The van der Waals surface area contributed by atoms with Crippen molar-refractivity contribution in [2.45, 2.75) is 6.92 Å². The van der Waals surface area contributed by atoms with E-state index in [1.807, 2.05) is 32.1 Å². The van der Waals surface area contributed by atoms with Crippen LogP contribution < -0.4 is 0 Å². The second kappa shape index (κ2) is 5.77. The first kappa shape index (κ1) is 10.0. The molecule has 0 fully saturated rings. The molecule has 64 valence electrons. The molecule has 0 aromatic heterocycles. The summed E-state index contributed by atoms with van der Waals surface area (Å²) in [7, 11) is 5.62. The summed E-state index contributed by atoms with van der Waals surface area (Å²) in [6.45, 7) is 2.62. The zero-order valence-electron chi connectivity index (χ0n) is 7.66. The monoisotopic (exact) mass is 156 g/mol. The van der Waals surface area contributed by atoms with Crippen LogP contribution >= 0.6 is 0 Å². The molecule has 0 saturated carbocycles. The van der Waals surface area contributed by atoms with Crippen LogP contribution in [0.1, 0.15) is 6.92 Å². The fraction of sp³-hybridized carbons (Fsp3) is 0.625. The Morgan fingerprint density at radius 3 is 2.55 bits per heavy atom. The van der Waals surface area contributed by atoms with E-state index < -0.39 is 0 Å². The van der Waals surface area contributed by atoms with E-state index in [4.69, 9.17) is 4.74 Å². The van der Waals surface area contributed by atoms with Crippen LogP contribution in [-0.4, -0.2) is 38.9 Å². The number of aliphatic imine (C=N–C) groups is 1. The minimum atomic E-state index is 0.672. The van der Waals surface area contributed by atoms with Gasteiger partial charge in [-0.1, -0.05) is 0 Å². The fourth-order valence-corrected chi connectivity index (χ4v) is 0.656. The lowest BCUT2D eigenvalue weighted by Crippen LogP contribution is -2.05. The Morgan fingerprint density at radius 1 is 1.55 bits per heavy atom. The maximum absolute atomic E-state index is 5.26. The number of allylic oxidation sites excluding steroid dienone is 1. The zero-order chi connectivity index (χ0) is 8.69. The number of hydrogen-bond acceptors (Lipinski definition) is 3. The Labute approximate surface area is 68.4 Å². The van der Waals surface area contributed by atoms with Gasteiger partial charge in [-0.15, -0.1) is 0 Å². The first-order valence-corrected chi connectivity index (χ1v) is 3.64. The molecule has 0 spiro atoms. The van der Waals surface area contributed by atoms with Gasteiger partial charge in [-0.05, 0) is 6.92 Å². The van der Waals surface area contributed by atoms with Gasteiger partial charge in [0.05, 0.1) is 12.8 Å². The van der Waals surface area contributed by atoms with Gasteiger partial charge in [-0.2, -0.15) is 0 Å². The van der Waals surface area contributed by atoms with Crippen LogP contribution in [0.4, 0.5) is 0 Å². The van der Waals surface area contributed by atoms with Crippen molar-refractivity contribution in [3.05, 3.63) is 12.0 Å². The van der Waals surface area contributed by atoms with E-state index in [2.05, 4.69) is 4.99 Å². The normalized spacial score (nSPS) is 12.2. The van der Waals surface area contributed by atoms with Gasteiger partial charge in [0.25, 0.3) is 0 Å². The van der Waals surface area contributed by atoms with Crippen LogP contribution in [-0.2, 0) is 4.74 Å². The van der Waals surface area contributed by atoms with Crippen LogP contribution in [0, 0.1) is 0 Å². The second-order valence-corrected chi connectivity index (χ2v) is 2.32. The summed E-state index contributed by atoms with van der Waals surface area (Å²) >= 11 is 0. The molecule has 3 heteroatoms. The van der Waals surface area contributed by atoms with Gasteiger partial charge in [-0.25, -0.2) is 0 Å². The molecule has 0 rings (SSSR count). The van der Waals surface area contributed by atoms with Crippen molar-refractivity contribution in [3.63, 3.8) is 0 Å². The van der Waals surface area contributed by atoms with Crippen LogP contribution in [0.25, 0.3) is 0 Å². The molecule has 0 aliphatic carbocycles. The molecule has 0 aliphatic rings. The van der Waals surface area contributed by atoms with Crippen molar-refractivity contribution in [2.75, 3.05) is 27.7 Å². The van der Waals surface area contributed by atoms with Gasteiger partial charge in [0.2, 0.25) is 0 Å². The average Bonchev–Trinajstić information content (AvgIpc) is 1.87. The van der Waals surface area contributed by atoms with Crippen LogP contribution in [0.5, 0.6) is 0 Å². The van der Waals surface area contributed by atoms with Crippen LogP contribution in [0.3, 0.4) is 0 Å². The van der Waals surface area contributed by atoms with Gasteiger partial charge < -0.3 is 9.64 Å². The SMILES string of the molecule is CCOC(C=NC)=CN(C)C. The summed E-state index contributed by atoms with van der Waals surface area (Å²) in [5.74, 6) is 0.792. The standard InChI is InChI=1S/C8H16N2O/c1-5-11-8(6-9-2)7-10(3)4/h6-7H,5H2,1-4H3. The zero-order valence-corrected chi connectivity index (χ0v) is 7.66. The third-order valence-electron chi connectivity index (χ3n) is 0.953. The highest BCUT2D eigenvalue weighted by Crippen LogP contribution is 1.94. The Bertz CT molecular complexity index is 150. The fourth-order valence-electron chi connectivity index (χ4n) is 0.656. The Balaban J connectivity index is 4.08. The maximum Gasteiger partial charge on any atom is 0.152 e. The smallest absolute Gasteiger partial charge is 0.152 e. The second-order valence-electron chi connectivity index (χ2n) is 2.32. The molecule has 0 bridgehead atoms. The highest BCUT2D eigenvalue weighted by molar-refractivity contribution is 5.75. The van der Waals surface area contributed by atoms with E-state index in [0.717, 1.165) is 5.76 Å². The van der Waals surface area contributed by atoms with E-state index in [1.165, 1.54) is 0 Å². The third-order valence-corrected chi connectivity index (χ3v) is 0.953. The lowest BCUT2D eigenvalue weighted by atomic mass is 10.5. The molecule has 0 aliphatic heterocycles. The maximum atomic E-state index is 5.26. The lowest BCUT2D eigenvalue weighted by Gasteiger charge is -2.08. The minimum absolute atomic E-state index is 0.672. The minimum Gasteiger partial charge on any atom is -0.491 e. The van der Waals surface area contributed by atoms with Crippen molar-refractivity contribution in [1.29, 1.82) is 0 Å². The summed E-state index contributed by atoms with van der Waals surface area (Å²) in [6.07, 6.45) is 3.58. The molecule has 0 aromatic carbocycles. The number of nitrogens with zero attached hydrogens (tertiary/aromatic N) is 2. The number of rotatable bonds is 4. The van der Waals surface area contributed by atoms with Crippen molar-refractivity contribution in [3.8, 4) is 0 Å². The third kappa shape index (κ3) is 5.45. The first-order valence-electron chi connectivity index (χ1n) is 3.64. The summed E-state index contributed by atoms with van der Waals surface area (Å²) in [5, 5.41) is 0. The topological polar surface area (TPSA) is 24.8 Å². The first-order chi connectivity index (χ1) is 5.20. The molecule has 0 aromatic rings. The summed E-state index contributed by atoms with van der Waals surface area (Å²) < 4.78 is 5.26. The van der Waals surface area contributed by atoms with Crippen molar-refractivity contribution in [2.24, 2.45) is 4.99 Å². The molecule has 0 radical (unpaired) electrons. The molecule has 0 heterocycles. The van der Waals surface area contributed by atoms with Gasteiger partial charge in [-0.3, -0.25) is 4.99 Å². The van der Waals surface area contributed by atoms with Crippen molar-refractivity contribution < 1.29 is 4.74 Å². The molecule has 0 unspecified atom stereocenters. The van der Waals surface area contributed by atoms with Crippen molar-refractivity contribution >= 4 is 6.21 Å². The summed E-state index contributed by atoms with van der Waals surface area (Å²) in [6, 6.07) is 0. The lowest BCUT2D eigenvalue weighted by molar-refractivity contribution is 0.244. The van der Waals surface area contributed by atoms with Crippen molar-refractivity contribution in [1.82, 2.24) is 4.90 Å². The molecular weight excluding hydrogens is 140 g/mol. The Morgan fingerprint density at radius 2 is 2.18 bits per heavy atom. The van der Waals surface area contributed by atoms with Crippen LogP contribution in [0.2, 0.25) is 0 Å². The largest absolute Gasteiger partial charge is 0.491 e. The van der Waals surface area contributed by atoms with E-state index >= 15 is 0 Å². The van der Waals surface area contributed by atoms with E-state index in [0.29, 0.717) is 6.61 Å². The van der Waals surface area contributed by atoms with Gasteiger partial charge >= 0.3 is 0 Å².